The zero-order valence-electron chi connectivity index (χ0n) is 18.8. The first-order valence-electron chi connectivity index (χ1n) is 11.4. The Hall–Kier alpha value is -3.58. The minimum absolute atomic E-state index is 0.0312. The summed E-state index contributed by atoms with van der Waals surface area (Å²) in [5.74, 6) is -1.16. The summed E-state index contributed by atoms with van der Waals surface area (Å²) in [7, 11) is 0. The highest BCUT2D eigenvalue weighted by molar-refractivity contribution is 6.31. The summed E-state index contributed by atoms with van der Waals surface area (Å²) in [5, 5.41) is 11.7. The number of halogens is 2. The zero-order chi connectivity index (χ0) is 24.4. The smallest absolute Gasteiger partial charge is 0.180 e. The molecule has 4 atom stereocenters. The molecule has 0 saturated carbocycles. The maximum absolute atomic E-state index is 14.6. The fourth-order valence-electron chi connectivity index (χ4n) is 5.23. The van der Waals surface area contributed by atoms with E-state index in [0.717, 1.165) is 22.3 Å². The molecule has 0 spiro atoms. The third-order valence-electron chi connectivity index (χ3n) is 6.72. The Balaban J connectivity index is 1.80. The molecular formula is C30H22Cl2N2O. The normalized spacial score (nSPS) is 22.0. The fraction of sp³-hybridized carbons (Fsp3) is 0.133. The fourth-order valence-corrected chi connectivity index (χ4v) is 5.72. The number of Topliss-reactive ketones (excluding diaryl/α,β-unsaturated/α-hetero) is 1. The van der Waals surface area contributed by atoms with Gasteiger partial charge in [0, 0.05) is 10.0 Å². The Bertz CT molecular complexity index is 1290. The van der Waals surface area contributed by atoms with Crippen LogP contribution in [0.2, 0.25) is 10.0 Å². The van der Waals surface area contributed by atoms with E-state index >= 15 is 0 Å². The average molecular weight is 497 g/mol. The molecule has 0 radical (unpaired) electrons. The van der Waals surface area contributed by atoms with Gasteiger partial charge >= 0.3 is 0 Å². The van der Waals surface area contributed by atoms with Gasteiger partial charge in [-0.25, -0.2) is 0 Å². The quantitative estimate of drug-likeness (QED) is 0.271. The van der Waals surface area contributed by atoms with Gasteiger partial charge in [0.1, 0.15) is 0 Å². The molecule has 0 aliphatic carbocycles. The lowest BCUT2D eigenvalue weighted by atomic mass is 9.68. The summed E-state index contributed by atoms with van der Waals surface area (Å²) in [6.45, 7) is 0. The van der Waals surface area contributed by atoms with E-state index in [1.54, 1.807) is 17.0 Å². The van der Waals surface area contributed by atoms with E-state index in [1.807, 2.05) is 97.1 Å². The summed E-state index contributed by atoms with van der Waals surface area (Å²) in [5.41, 5.74) is 3.17. The predicted molar refractivity (Wildman–Crippen MR) is 139 cm³/mol. The van der Waals surface area contributed by atoms with Crippen LogP contribution in [0.15, 0.2) is 109 Å². The average Bonchev–Trinajstić information content (AvgIpc) is 2.90. The van der Waals surface area contributed by atoms with Gasteiger partial charge in [0.05, 0.1) is 23.9 Å². The van der Waals surface area contributed by atoms with E-state index in [4.69, 9.17) is 23.2 Å². The summed E-state index contributed by atoms with van der Waals surface area (Å²) in [6.07, 6.45) is 2.44. The molecule has 1 aliphatic heterocycles. The molecule has 172 valence electrons. The first kappa shape index (κ1) is 23.2. The third-order valence-corrected chi connectivity index (χ3v) is 7.41. The molecule has 5 rings (SSSR count). The van der Waals surface area contributed by atoms with Crippen molar-refractivity contribution >= 4 is 29.0 Å². The van der Waals surface area contributed by atoms with Crippen LogP contribution >= 0.6 is 23.2 Å². The highest BCUT2D eigenvalue weighted by Crippen LogP contribution is 2.54. The van der Waals surface area contributed by atoms with Gasteiger partial charge in [-0.15, -0.1) is 0 Å². The van der Waals surface area contributed by atoms with Crippen LogP contribution in [0, 0.1) is 11.5 Å². The van der Waals surface area contributed by atoms with Crippen LogP contribution in [0.1, 0.15) is 46.2 Å². The van der Waals surface area contributed by atoms with E-state index in [1.165, 1.54) is 0 Å². The van der Waals surface area contributed by atoms with E-state index < -0.39 is 23.9 Å². The van der Waals surface area contributed by atoms with Crippen molar-refractivity contribution in [2.75, 3.05) is 0 Å². The van der Waals surface area contributed by atoms with Crippen molar-refractivity contribution in [1.82, 2.24) is 4.90 Å². The number of piperidine rings is 1. The van der Waals surface area contributed by atoms with Crippen molar-refractivity contribution in [3.63, 3.8) is 0 Å². The number of carbonyl (C=O) groups excluding carboxylic acids is 1. The molecule has 1 heterocycles. The molecule has 1 saturated heterocycles. The van der Waals surface area contributed by atoms with Gasteiger partial charge in [-0.1, -0.05) is 120 Å². The van der Waals surface area contributed by atoms with Crippen molar-refractivity contribution in [3.8, 4) is 6.19 Å². The molecule has 4 unspecified atom stereocenters. The van der Waals surface area contributed by atoms with Crippen LogP contribution in [0.25, 0.3) is 0 Å². The third kappa shape index (κ3) is 4.21. The van der Waals surface area contributed by atoms with E-state index in [2.05, 4.69) is 6.19 Å². The van der Waals surface area contributed by atoms with Crippen molar-refractivity contribution < 1.29 is 4.79 Å². The number of hydrogen-bond donors (Lipinski definition) is 0. The number of nitrogens with zero attached hydrogens (tertiary/aromatic N) is 2. The van der Waals surface area contributed by atoms with E-state index in [0.29, 0.717) is 10.0 Å². The number of carbonyl (C=O) groups is 1. The summed E-state index contributed by atoms with van der Waals surface area (Å²) < 4.78 is 0. The van der Waals surface area contributed by atoms with Crippen molar-refractivity contribution in [2.24, 2.45) is 0 Å². The Kier molecular flexibility index (Phi) is 6.59. The number of hydrogen-bond acceptors (Lipinski definition) is 3. The molecule has 0 amide bonds. The van der Waals surface area contributed by atoms with Gasteiger partial charge in [-0.2, -0.15) is 5.26 Å². The van der Waals surface area contributed by atoms with Gasteiger partial charge in [0.15, 0.2) is 12.0 Å². The Labute approximate surface area is 215 Å². The lowest BCUT2D eigenvalue weighted by Gasteiger charge is -2.47. The van der Waals surface area contributed by atoms with Crippen LogP contribution in [0.3, 0.4) is 0 Å². The topological polar surface area (TPSA) is 44.1 Å². The Morgan fingerprint density at radius 1 is 0.600 bits per heavy atom. The van der Waals surface area contributed by atoms with Crippen LogP contribution in [-0.2, 0) is 4.79 Å². The van der Waals surface area contributed by atoms with Gasteiger partial charge in [-0.05, 0) is 34.4 Å². The summed E-state index contributed by atoms with van der Waals surface area (Å²) in [6, 6.07) is 33.0. The summed E-state index contributed by atoms with van der Waals surface area (Å²) in [4.78, 5) is 16.3. The summed E-state index contributed by atoms with van der Waals surface area (Å²) >= 11 is 13.4. The molecule has 35 heavy (non-hydrogen) atoms. The van der Waals surface area contributed by atoms with E-state index in [-0.39, 0.29) is 5.78 Å². The molecule has 0 bridgehead atoms. The van der Waals surface area contributed by atoms with Crippen LogP contribution in [0.4, 0.5) is 0 Å². The van der Waals surface area contributed by atoms with Gasteiger partial charge < -0.3 is 0 Å². The Morgan fingerprint density at radius 2 is 0.971 bits per heavy atom. The SMILES string of the molecule is N#CN1C(c2ccccc2Cl)C(c2ccccc2)C(=O)C(c2ccccc2)C1c1ccccc1Cl. The number of ketones is 1. The lowest BCUT2D eigenvalue weighted by molar-refractivity contribution is -0.129. The molecule has 4 aromatic rings. The number of nitriles is 1. The highest BCUT2D eigenvalue weighted by Gasteiger charge is 2.51. The minimum atomic E-state index is -0.598. The second-order valence-electron chi connectivity index (χ2n) is 8.62. The first-order chi connectivity index (χ1) is 17.1. The first-order valence-corrected chi connectivity index (χ1v) is 12.2. The van der Waals surface area contributed by atoms with Crippen LogP contribution in [0.5, 0.6) is 0 Å². The van der Waals surface area contributed by atoms with Gasteiger partial charge in [0.25, 0.3) is 0 Å². The van der Waals surface area contributed by atoms with Crippen LogP contribution in [-0.4, -0.2) is 10.7 Å². The predicted octanol–water partition coefficient (Wildman–Crippen LogP) is 7.71. The number of benzene rings is 4. The van der Waals surface area contributed by atoms with Crippen molar-refractivity contribution in [1.29, 1.82) is 5.26 Å². The molecule has 5 heteroatoms. The highest BCUT2D eigenvalue weighted by atomic mass is 35.5. The Morgan fingerprint density at radius 3 is 1.34 bits per heavy atom. The van der Waals surface area contributed by atoms with Crippen molar-refractivity contribution in [3.05, 3.63) is 141 Å². The monoisotopic (exact) mass is 496 g/mol. The molecule has 0 N–H and O–H groups in total. The molecule has 1 aliphatic rings. The standard InChI is InChI=1S/C30H22Cl2N2O/c31-24-17-9-7-15-22(24)28-26(20-11-3-1-4-12-20)30(35)27(21-13-5-2-6-14-21)29(34(28)19-33)23-16-8-10-18-25(23)32/h1-18,26-29H. The van der Waals surface area contributed by atoms with Gasteiger partial charge in [0.2, 0.25) is 0 Å². The molecule has 1 fully saturated rings. The molecule has 3 nitrogen and oxygen atoms in total. The zero-order valence-corrected chi connectivity index (χ0v) is 20.3. The van der Waals surface area contributed by atoms with E-state index in [9.17, 15) is 10.1 Å². The second-order valence-corrected chi connectivity index (χ2v) is 9.43. The maximum Gasteiger partial charge on any atom is 0.180 e. The minimum Gasteiger partial charge on any atom is -0.298 e. The van der Waals surface area contributed by atoms with Crippen LogP contribution < -0.4 is 0 Å². The lowest BCUT2D eigenvalue weighted by Crippen LogP contribution is -2.47. The van der Waals surface area contributed by atoms with Crippen molar-refractivity contribution in [2.45, 2.75) is 23.9 Å². The van der Waals surface area contributed by atoms with Gasteiger partial charge in [-0.3, -0.25) is 9.69 Å². The number of likely N-dealkylation sites (tertiary alicyclic amines) is 1. The second kappa shape index (κ2) is 9.96. The maximum atomic E-state index is 14.6. The largest absolute Gasteiger partial charge is 0.298 e. The molecule has 4 aromatic carbocycles. The molecular weight excluding hydrogens is 475 g/mol. The molecule has 0 aromatic heterocycles. The number of rotatable bonds is 4.